The van der Waals surface area contributed by atoms with Crippen LogP contribution in [0.4, 0.5) is 4.39 Å². The Hall–Kier alpha value is -1.05. The lowest BCUT2D eigenvalue weighted by Gasteiger charge is -2.31. The van der Waals surface area contributed by atoms with Gasteiger partial charge in [0.25, 0.3) is 10.0 Å². The van der Waals surface area contributed by atoms with Crippen LogP contribution in [-0.2, 0) is 14.8 Å². The predicted octanol–water partition coefficient (Wildman–Crippen LogP) is 1.27. The van der Waals surface area contributed by atoms with Crippen LogP contribution in [-0.4, -0.2) is 44.5 Å². The van der Waals surface area contributed by atoms with E-state index in [1.54, 1.807) is 7.11 Å². The zero-order chi connectivity index (χ0) is 13.9. The minimum atomic E-state index is -3.85. The van der Waals surface area contributed by atoms with Gasteiger partial charge < -0.3 is 4.74 Å². The van der Waals surface area contributed by atoms with Crippen LogP contribution in [0.25, 0.3) is 0 Å². The molecule has 106 valence electrons. The monoisotopic (exact) mass is 288 g/mol. The summed E-state index contributed by atoms with van der Waals surface area (Å²) in [4.78, 5) is 3.66. The molecule has 0 spiro atoms. The van der Waals surface area contributed by atoms with E-state index in [4.69, 9.17) is 4.74 Å². The molecule has 2 heterocycles. The zero-order valence-corrected chi connectivity index (χ0v) is 11.6. The van der Waals surface area contributed by atoms with Gasteiger partial charge >= 0.3 is 0 Å². The molecule has 0 saturated carbocycles. The summed E-state index contributed by atoms with van der Waals surface area (Å²) in [6.07, 6.45) is 2.96. The van der Waals surface area contributed by atoms with Crippen LogP contribution >= 0.6 is 0 Å². The second-order valence-electron chi connectivity index (χ2n) is 4.62. The minimum absolute atomic E-state index is 0.153. The first-order valence-corrected chi connectivity index (χ1v) is 7.59. The third-order valence-electron chi connectivity index (χ3n) is 3.19. The van der Waals surface area contributed by atoms with E-state index in [1.807, 2.05) is 0 Å². The van der Waals surface area contributed by atoms with E-state index in [1.165, 1.54) is 16.6 Å². The first kappa shape index (κ1) is 14.4. The van der Waals surface area contributed by atoms with Gasteiger partial charge in [0.1, 0.15) is 0 Å². The second kappa shape index (κ2) is 5.94. The number of aromatic nitrogens is 1. The molecule has 2 rings (SSSR count). The van der Waals surface area contributed by atoms with E-state index in [2.05, 4.69) is 4.98 Å². The van der Waals surface area contributed by atoms with Crippen molar-refractivity contribution in [3.05, 3.63) is 24.1 Å². The van der Waals surface area contributed by atoms with Crippen LogP contribution in [0.3, 0.4) is 0 Å². The maximum absolute atomic E-state index is 13.6. The number of piperidine rings is 1. The molecular weight excluding hydrogens is 271 g/mol. The van der Waals surface area contributed by atoms with Crippen LogP contribution in [0.5, 0.6) is 0 Å². The number of hydrogen-bond acceptors (Lipinski definition) is 4. The molecule has 1 aromatic rings. The van der Waals surface area contributed by atoms with Gasteiger partial charge in [-0.05, 0) is 30.9 Å². The van der Waals surface area contributed by atoms with E-state index in [-0.39, 0.29) is 5.92 Å². The summed E-state index contributed by atoms with van der Waals surface area (Å²) in [6.45, 7) is 1.27. The molecule has 19 heavy (non-hydrogen) atoms. The summed E-state index contributed by atoms with van der Waals surface area (Å²) < 4.78 is 44.6. The summed E-state index contributed by atoms with van der Waals surface area (Å²) in [5, 5.41) is -0.493. The van der Waals surface area contributed by atoms with Gasteiger partial charge in [0.2, 0.25) is 5.03 Å². The molecule has 0 N–H and O–H groups in total. The molecule has 1 saturated heterocycles. The molecule has 1 aromatic heterocycles. The van der Waals surface area contributed by atoms with Gasteiger partial charge in [0.15, 0.2) is 5.82 Å². The second-order valence-corrected chi connectivity index (χ2v) is 6.47. The molecule has 5 nitrogen and oxygen atoms in total. The standard InChI is InChI=1S/C12H17FN2O3S/c1-18-9-10-4-3-7-15(8-10)19(16,17)12-11(13)5-2-6-14-12/h2,5-6,10H,3-4,7-9H2,1H3. The maximum atomic E-state index is 13.6. The molecule has 0 aromatic carbocycles. The van der Waals surface area contributed by atoms with Gasteiger partial charge in [-0.1, -0.05) is 0 Å². The Morgan fingerprint density at radius 2 is 2.37 bits per heavy atom. The van der Waals surface area contributed by atoms with Gasteiger partial charge in [-0.2, -0.15) is 4.31 Å². The van der Waals surface area contributed by atoms with E-state index in [0.717, 1.165) is 18.9 Å². The minimum Gasteiger partial charge on any atom is -0.384 e. The smallest absolute Gasteiger partial charge is 0.263 e. The molecule has 1 unspecified atom stereocenters. The SMILES string of the molecule is COCC1CCCN(S(=O)(=O)c2ncccc2F)C1. The number of pyridine rings is 1. The topological polar surface area (TPSA) is 59.5 Å². The quantitative estimate of drug-likeness (QED) is 0.837. The highest BCUT2D eigenvalue weighted by atomic mass is 32.2. The highest BCUT2D eigenvalue weighted by Gasteiger charge is 2.32. The first-order chi connectivity index (χ1) is 9.05. The molecule has 0 amide bonds. The Labute approximate surface area is 112 Å². The summed E-state index contributed by atoms with van der Waals surface area (Å²) in [7, 11) is -2.26. The van der Waals surface area contributed by atoms with Crippen molar-refractivity contribution in [2.75, 3.05) is 26.8 Å². The van der Waals surface area contributed by atoms with Crippen molar-refractivity contribution in [1.29, 1.82) is 0 Å². The highest BCUT2D eigenvalue weighted by Crippen LogP contribution is 2.24. The Balaban J connectivity index is 2.22. The highest BCUT2D eigenvalue weighted by molar-refractivity contribution is 7.89. The fourth-order valence-corrected chi connectivity index (χ4v) is 3.83. The van der Waals surface area contributed by atoms with Crippen LogP contribution in [0, 0.1) is 11.7 Å². The summed E-state index contributed by atoms with van der Waals surface area (Å²) in [5.74, 6) is -0.656. The van der Waals surface area contributed by atoms with Crippen molar-refractivity contribution in [3.63, 3.8) is 0 Å². The Morgan fingerprint density at radius 1 is 1.58 bits per heavy atom. The molecular formula is C12H17FN2O3S. The number of ether oxygens (including phenoxy) is 1. The van der Waals surface area contributed by atoms with Crippen LogP contribution in [0.15, 0.2) is 23.4 Å². The third-order valence-corrected chi connectivity index (χ3v) is 4.99. The van der Waals surface area contributed by atoms with Gasteiger partial charge in [0, 0.05) is 26.4 Å². The number of sulfonamides is 1. The van der Waals surface area contributed by atoms with E-state index in [0.29, 0.717) is 19.7 Å². The van der Waals surface area contributed by atoms with Crippen molar-refractivity contribution in [1.82, 2.24) is 9.29 Å². The fourth-order valence-electron chi connectivity index (χ4n) is 2.30. The van der Waals surface area contributed by atoms with E-state index < -0.39 is 20.9 Å². The Bertz CT molecular complexity index is 534. The predicted molar refractivity (Wildman–Crippen MR) is 67.6 cm³/mol. The zero-order valence-electron chi connectivity index (χ0n) is 10.8. The van der Waals surface area contributed by atoms with Crippen LogP contribution < -0.4 is 0 Å². The Morgan fingerprint density at radius 3 is 3.05 bits per heavy atom. The number of methoxy groups -OCH3 is 1. The normalized spacial score (nSPS) is 21.5. The number of hydrogen-bond donors (Lipinski definition) is 0. The average Bonchev–Trinajstić information content (AvgIpc) is 2.40. The maximum Gasteiger partial charge on any atom is 0.263 e. The average molecular weight is 288 g/mol. The van der Waals surface area contributed by atoms with Gasteiger partial charge in [-0.25, -0.2) is 17.8 Å². The number of nitrogens with zero attached hydrogens (tertiary/aromatic N) is 2. The number of rotatable bonds is 4. The van der Waals surface area contributed by atoms with E-state index in [9.17, 15) is 12.8 Å². The third kappa shape index (κ3) is 3.10. The summed E-state index contributed by atoms with van der Waals surface area (Å²) >= 11 is 0. The first-order valence-electron chi connectivity index (χ1n) is 6.15. The molecule has 7 heteroatoms. The van der Waals surface area contributed by atoms with Crippen molar-refractivity contribution in [2.45, 2.75) is 17.9 Å². The summed E-state index contributed by atoms with van der Waals surface area (Å²) in [5.41, 5.74) is 0. The molecule has 1 atom stereocenters. The van der Waals surface area contributed by atoms with Crippen LogP contribution in [0.2, 0.25) is 0 Å². The largest absolute Gasteiger partial charge is 0.384 e. The van der Waals surface area contributed by atoms with Crippen LogP contribution in [0.1, 0.15) is 12.8 Å². The lowest BCUT2D eigenvalue weighted by Crippen LogP contribution is -2.41. The van der Waals surface area contributed by atoms with Crippen molar-refractivity contribution in [3.8, 4) is 0 Å². The Kier molecular flexibility index (Phi) is 4.49. The molecule has 0 radical (unpaired) electrons. The van der Waals surface area contributed by atoms with Gasteiger partial charge in [0.05, 0.1) is 6.61 Å². The molecule has 0 bridgehead atoms. The molecule has 1 aliphatic rings. The number of halogens is 1. The van der Waals surface area contributed by atoms with Crippen molar-refractivity contribution >= 4 is 10.0 Å². The molecule has 1 aliphatic heterocycles. The van der Waals surface area contributed by atoms with Crippen molar-refractivity contribution in [2.24, 2.45) is 5.92 Å². The molecule has 1 fully saturated rings. The van der Waals surface area contributed by atoms with Gasteiger partial charge in [-0.15, -0.1) is 0 Å². The lowest BCUT2D eigenvalue weighted by molar-refractivity contribution is 0.118. The van der Waals surface area contributed by atoms with Crippen molar-refractivity contribution < 1.29 is 17.5 Å². The van der Waals surface area contributed by atoms with Gasteiger partial charge in [-0.3, -0.25) is 0 Å². The molecule has 0 aliphatic carbocycles. The van der Waals surface area contributed by atoms with E-state index >= 15 is 0 Å². The summed E-state index contributed by atoms with van der Waals surface area (Å²) in [6, 6.07) is 2.48. The lowest BCUT2D eigenvalue weighted by atomic mass is 10.0. The fraction of sp³-hybridized carbons (Fsp3) is 0.583.